The minimum absolute atomic E-state index is 0. The molecule has 0 bridgehead atoms. The van der Waals surface area contributed by atoms with Crippen molar-refractivity contribution in [2.24, 2.45) is 0 Å². The van der Waals surface area contributed by atoms with Gasteiger partial charge in [0.25, 0.3) is 0 Å². The first-order valence-corrected chi connectivity index (χ1v) is 5.32. The van der Waals surface area contributed by atoms with Crippen LogP contribution in [0.1, 0.15) is 5.56 Å². The third-order valence-corrected chi connectivity index (χ3v) is 2.23. The lowest BCUT2D eigenvalue weighted by molar-refractivity contribution is 0.316. The molecule has 0 atom stereocenters. The fourth-order valence-electron chi connectivity index (χ4n) is 1.27. The molecule has 0 amide bonds. The topological polar surface area (TPSA) is 21.3 Å². The Hall–Kier alpha value is -0.700. The van der Waals surface area contributed by atoms with Crippen LogP contribution in [-0.2, 0) is 6.42 Å². The van der Waals surface area contributed by atoms with Gasteiger partial charge in [0.05, 0.1) is 0 Å². The number of hydrogen-bond donors (Lipinski definition) is 1. The van der Waals surface area contributed by atoms with Gasteiger partial charge in [-0.15, -0.1) is 19.0 Å². The third kappa shape index (κ3) is 4.88. The summed E-state index contributed by atoms with van der Waals surface area (Å²) in [5, 5.41) is 3.76. The van der Waals surface area contributed by atoms with Gasteiger partial charge in [-0.1, -0.05) is 17.7 Å². The van der Waals surface area contributed by atoms with E-state index in [1.54, 1.807) is 0 Å². The molecule has 0 aromatic heterocycles. The van der Waals surface area contributed by atoms with Crippen LogP contribution in [-0.4, -0.2) is 20.2 Å². The number of allylic oxidation sites excluding steroid dienone is 1. The van der Waals surface area contributed by atoms with E-state index >= 15 is 0 Å². The van der Waals surface area contributed by atoms with Gasteiger partial charge in [-0.05, 0) is 37.2 Å². The summed E-state index contributed by atoms with van der Waals surface area (Å²) in [6.07, 6.45) is 2.62. The van der Waals surface area contributed by atoms with Crippen LogP contribution in [0.5, 0.6) is 5.75 Å². The van der Waals surface area contributed by atoms with Gasteiger partial charge >= 0.3 is 0 Å². The highest BCUT2D eigenvalue weighted by Crippen LogP contribution is 2.23. The zero-order valence-corrected chi connectivity index (χ0v) is 10.9. The van der Waals surface area contributed by atoms with Crippen molar-refractivity contribution in [3.8, 4) is 5.75 Å². The molecule has 1 rings (SSSR count). The van der Waals surface area contributed by atoms with Gasteiger partial charge in [-0.25, -0.2) is 0 Å². The van der Waals surface area contributed by atoms with E-state index in [0.717, 1.165) is 29.3 Å². The Morgan fingerprint density at radius 2 is 2.25 bits per heavy atom. The molecule has 16 heavy (non-hydrogen) atoms. The number of likely N-dealkylation sites (N-methyl/N-ethyl adjacent to an activating group) is 1. The Balaban J connectivity index is 0.00000225. The van der Waals surface area contributed by atoms with Crippen LogP contribution in [0.25, 0.3) is 0 Å². The second kappa shape index (κ2) is 8.45. The van der Waals surface area contributed by atoms with E-state index in [4.69, 9.17) is 16.3 Å². The molecule has 0 unspecified atom stereocenters. The lowest BCUT2D eigenvalue weighted by Gasteiger charge is -2.10. The molecular formula is C12H17Cl2NO. The van der Waals surface area contributed by atoms with Crippen LogP contribution < -0.4 is 10.1 Å². The molecule has 0 aliphatic rings. The average molecular weight is 262 g/mol. The average Bonchev–Trinajstić information content (AvgIpc) is 2.22. The van der Waals surface area contributed by atoms with E-state index in [-0.39, 0.29) is 12.4 Å². The zero-order chi connectivity index (χ0) is 11.1. The quantitative estimate of drug-likeness (QED) is 0.628. The van der Waals surface area contributed by atoms with E-state index in [1.165, 1.54) is 0 Å². The number of hydrogen-bond acceptors (Lipinski definition) is 2. The summed E-state index contributed by atoms with van der Waals surface area (Å²) in [7, 11) is 1.90. The summed E-state index contributed by atoms with van der Waals surface area (Å²) in [6, 6.07) is 5.65. The van der Waals surface area contributed by atoms with E-state index in [1.807, 2.05) is 31.3 Å². The summed E-state index contributed by atoms with van der Waals surface area (Å²) in [5.74, 6) is 0.884. The van der Waals surface area contributed by atoms with Crippen LogP contribution in [0, 0.1) is 0 Å². The molecule has 0 radical (unpaired) electrons. The molecule has 2 nitrogen and oxygen atoms in total. The van der Waals surface area contributed by atoms with Crippen molar-refractivity contribution >= 4 is 24.0 Å². The molecule has 0 aliphatic heterocycles. The summed E-state index contributed by atoms with van der Waals surface area (Å²) >= 11 is 5.91. The second-order valence-corrected chi connectivity index (χ2v) is 3.63. The van der Waals surface area contributed by atoms with Crippen molar-refractivity contribution in [2.45, 2.75) is 6.42 Å². The van der Waals surface area contributed by atoms with E-state index < -0.39 is 0 Å². The number of benzene rings is 1. The minimum atomic E-state index is 0. The summed E-state index contributed by atoms with van der Waals surface area (Å²) < 4.78 is 5.62. The van der Waals surface area contributed by atoms with Crippen LogP contribution >= 0.6 is 24.0 Å². The fraction of sp³-hybridized carbons (Fsp3) is 0.333. The SMILES string of the molecule is C=CCc1cc(Cl)ccc1OCCNC.Cl. The van der Waals surface area contributed by atoms with E-state index in [9.17, 15) is 0 Å². The predicted octanol–water partition coefficient (Wildman–Crippen LogP) is 3.09. The lowest BCUT2D eigenvalue weighted by atomic mass is 10.1. The Morgan fingerprint density at radius 1 is 1.50 bits per heavy atom. The normalized spacial score (nSPS) is 9.38. The van der Waals surface area contributed by atoms with Crippen molar-refractivity contribution in [1.29, 1.82) is 0 Å². The highest BCUT2D eigenvalue weighted by atomic mass is 35.5. The van der Waals surface area contributed by atoms with Gasteiger partial charge in [0.1, 0.15) is 12.4 Å². The molecule has 0 aliphatic carbocycles. The Bertz CT molecular complexity index is 329. The van der Waals surface area contributed by atoms with Crippen molar-refractivity contribution in [1.82, 2.24) is 5.32 Å². The molecule has 0 spiro atoms. The van der Waals surface area contributed by atoms with Crippen molar-refractivity contribution in [2.75, 3.05) is 20.2 Å². The maximum atomic E-state index is 5.91. The number of rotatable bonds is 6. The van der Waals surface area contributed by atoms with E-state index in [0.29, 0.717) is 6.61 Å². The van der Waals surface area contributed by atoms with Gasteiger partial charge in [0, 0.05) is 11.6 Å². The molecule has 0 saturated heterocycles. The van der Waals surface area contributed by atoms with Crippen LogP contribution in [0.3, 0.4) is 0 Å². The van der Waals surface area contributed by atoms with Gasteiger partial charge in [0.15, 0.2) is 0 Å². The predicted molar refractivity (Wildman–Crippen MR) is 72.0 cm³/mol. The van der Waals surface area contributed by atoms with Crippen LogP contribution in [0.4, 0.5) is 0 Å². The molecule has 1 aromatic carbocycles. The Morgan fingerprint density at radius 3 is 2.88 bits per heavy atom. The Kier molecular flexibility index (Phi) is 8.08. The molecule has 0 saturated carbocycles. The molecular weight excluding hydrogens is 245 g/mol. The maximum absolute atomic E-state index is 5.91. The summed E-state index contributed by atoms with van der Waals surface area (Å²) in [5.41, 5.74) is 1.08. The van der Waals surface area contributed by atoms with Gasteiger partial charge in [0.2, 0.25) is 0 Å². The summed E-state index contributed by atoms with van der Waals surface area (Å²) in [6.45, 7) is 5.20. The van der Waals surface area contributed by atoms with Crippen LogP contribution in [0.15, 0.2) is 30.9 Å². The van der Waals surface area contributed by atoms with Gasteiger partial charge in [-0.3, -0.25) is 0 Å². The van der Waals surface area contributed by atoms with Crippen LogP contribution in [0.2, 0.25) is 5.02 Å². The van der Waals surface area contributed by atoms with Crippen molar-refractivity contribution in [3.05, 3.63) is 41.4 Å². The maximum Gasteiger partial charge on any atom is 0.122 e. The molecule has 90 valence electrons. The first kappa shape index (κ1) is 15.3. The second-order valence-electron chi connectivity index (χ2n) is 3.20. The van der Waals surface area contributed by atoms with Crippen molar-refractivity contribution < 1.29 is 4.74 Å². The first-order valence-electron chi connectivity index (χ1n) is 4.94. The van der Waals surface area contributed by atoms with Gasteiger partial charge < -0.3 is 10.1 Å². The zero-order valence-electron chi connectivity index (χ0n) is 9.33. The number of ether oxygens (including phenoxy) is 1. The van der Waals surface area contributed by atoms with Crippen molar-refractivity contribution in [3.63, 3.8) is 0 Å². The monoisotopic (exact) mass is 261 g/mol. The molecule has 0 fully saturated rings. The highest BCUT2D eigenvalue weighted by molar-refractivity contribution is 6.30. The molecule has 1 N–H and O–H groups in total. The third-order valence-electron chi connectivity index (χ3n) is 2.00. The standard InChI is InChI=1S/C12H16ClNO.ClH/c1-3-4-10-9-11(13)5-6-12(10)15-8-7-14-2;/h3,5-6,9,14H,1,4,7-8H2,2H3;1H. The molecule has 1 aromatic rings. The fourth-order valence-corrected chi connectivity index (χ4v) is 1.46. The largest absolute Gasteiger partial charge is 0.492 e. The summed E-state index contributed by atoms with van der Waals surface area (Å²) in [4.78, 5) is 0. The Labute approximate surface area is 108 Å². The first-order chi connectivity index (χ1) is 7.27. The molecule has 4 heteroatoms. The smallest absolute Gasteiger partial charge is 0.122 e. The van der Waals surface area contributed by atoms with Gasteiger partial charge in [-0.2, -0.15) is 0 Å². The van der Waals surface area contributed by atoms with E-state index in [2.05, 4.69) is 11.9 Å². The minimum Gasteiger partial charge on any atom is -0.492 e. The number of halogens is 2. The lowest BCUT2D eigenvalue weighted by Crippen LogP contribution is -2.16. The number of nitrogens with one attached hydrogen (secondary N) is 1. The highest BCUT2D eigenvalue weighted by Gasteiger charge is 2.02. The molecule has 0 heterocycles.